The maximum Gasteiger partial charge on any atom is 0.339 e. The molecule has 1 aromatic heterocycles. The molecule has 0 fully saturated rings. The molecule has 0 radical (unpaired) electrons. The van der Waals surface area contributed by atoms with E-state index in [0.29, 0.717) is 5.69 Å². The summed E-state index contributed by atoms with van der Waals surface area (Å²) in [5.74, 6) is -0.330. The maximum absolute atomic E-state index is 11.7. The molecule has 98 valence electrons. The number of benzene rings is 1. The van der Waals surface area contributed by atoms with Crippen LogP contribution in [0.3, 0.4) is 0 Å². The Morgan fingerprint density at radius 2 is 2.00 bits per heavy atom. The number of hydrogen-bond acceptors (Lipinski definition) is 5. The fraction of sp³-hybridized carbons (Fsp3) is 0.0833. The van der Waals surface area contributed by atoms with E-state index in [4.69, 9.17) is 4.52 Å². The van der Waals surface area contributed by atoms with E-state index in [2.05, 4.69) is 20.5 Å². The van der Waals surface area contributed by atoms with Crippen molar-refractivity contribution in [2.45, 2.75) is 0 Å². The Hall–Kier alpha value is -2.83. The number of methoxy groups -OCH3 is 1. The van der Waals surface area contributed by atoms with Crippen molar-refractivity contribution in [1.29, 1.82) is 0 Å². The van der Waals surface area contributed by atoms with Crippen molar-refractivity contribution >= 4 is 23.6 Å². The van der Waals surface area contributed by atoms with Crippen LogP contribution >= 0.6 is 0 Å². The normalized spacial score (nSPS) is 9.74. The molecule has 7 nitrogen and oxygen atoms in total. The van der Waals surface area contributed by atoms with Gasteiger partial charge in [0.25, 0.3) is 0 Å². The molecule has 1 aromatic carbocycles. The van der Waals surface area contributed by atoms with Gasteiger partial charge in [-0.15, -0.1) is 0 Å². The minimum Gasteiger partial charge on any atom is -0.465 e. The number of hydrogen-bond donors (Lipinski definition) is 2. The highest BCUT2D eigenvalue weighted by Gasteiger charge is 2.13. The molecule has 0 aliphatic carbocycles. The first-order valence-corrected chi connectivity index (χ1v) is 5.36. The molecular weight excluding hydrogens is 250 g/mol. The summed E-state index contributed by atoms with van der Waals surface area (Å²) in [7, 11) is 1.27. The van der Waals surface area contributed by atoms with E-state index < -0.39 is 12.0 Å². The van der Waals surface area contributed by atoms with E-state index in [1.165, 1.54) is 19.4 Å². The van der Waals surface area contributed by atoms with Crippen LogP contribution in [0, 0.1) is 0 Å². The summed E-state index contributed by atoms with van der Waals surface area (Å²) < 4.78 is 9.35. The van der Waals surface area contributed by atoms with Gasteiger partial charge in [-0.2, -0.15) is 0 Å². The van der Waals surface area contributed by atoms with Crippen molar-refractivity contribution < 1.29 is 18.8 Å². The SMILES string of the molecule is COC(=O)c1ccccc1NC(=O)Nc1ccno1. The summed E-state index contributed by atoms with van der Waals surface area (Å²) in [5.41, 5.74) is 0.601. The van der Waals surface area contributed by atoms with Crippen LogP contribution in [-0.4, -0.2) is 24.3 Å². The van der Waals surface area contributed by atoms with Crippen LogP contribution < -0.4 is 10.6 Å². The van der Waals surface area contributed by atoms with E-state index in [0.717, 1.165) is 0 Å². The fourth-order valence-corrected chi connectivity index (χ4v) is 1.43. The molecule has 0 saturated carbocycles. The predicted molar refractivity (Wildman–Crippen MR) is 66.9 cm³/mol. The summed E-state index contributed by atoms with van der Waals surface area (Å²) in [6, 6.07) is 7.45. The zero-order valence-electron chi connectivity index (χ0n) is 10.0. The molecule has 1 heterocycles. The van der Waals surface area contributed by atoms with Gasteiger partial charge in [0.15, 0.2) is 0 Å². The lowest BCUT2D eigenvalue weighted by Crippen LogP contribution is -2.20. The molecule has 0 saturated heterocycles. The number of nitrogens with one attached hydrogen (secondary N) is 2. The third kappa shape index (κ3) is 3.09. The molecule has 2 rings (SSSR count). The average molecular weight is 261 g/mol. The van der Waals surface area contributed by atoms with E-state index >= 15 is 0 Å². The van der Waals surface area contributed by atoms with Crippen molar-refractivity contribution in [3.63, 3.8) is 0 Å². The zero-order valence-corrected chi connectivity index (χ0v) is 10.0. The summed E-state index contributed by atoms with van der Waals surface area (Å²) in [5, 5.41) is 8.40. The van der Waals surface area contributed by atoms with Crippen LogP contribution in [-0.2, 0) is 4.74 Å². The minimum absolute atomic E-state index is 0.202. The largest absolute Gasteiger partial charge is 0.465 e. The number of esters is 1. The van der Waals surface area contributed by atoms with Gasteiger partial charge >= 0.3 is 12.0 Å². The minimum atomic E-state index is -0.548. The first-order chi connectivity index (χ1) is 9.20. The highest BCUT2D eigenvalue weighted by molar-refractivity contribution is 6.04. The zero-order chi connectivity index (χ0) is 13.7. The van der Waals surface area contributed by atoms with Crippen molar-refractivity contribution in [1.82, 2.24) is 5.16 Å². The lowest BCUT2D eigenvalue weighted by atomic mass is 10.2. The smallest absolute Gasteiger partial charge is 0.339 e. The Morgan fingerprint density at radius 3 is 2.68 bits per heavy atom. The summed E-state index contributed by atoms with van der Waals surface area (Å²) in [4.78, 5) is 23.2. The Morgan fingerprint density at radius 1 is 1.21 bits per heavy atom. The molecule has 0 bridgehead atoms. The molecule has 2 aromatic rings. The van der Waals surface area contributed by atoms with Gasteiger partial charge in [0, 0.05) is 6.07 Å². The Bertz CT molecular complexity index is 580. The fourth-order valence-electron chi connectivity index (χ4n) is 1.43. The second-order valence-corrected chi connectivity index (χ2v) is 3.49. The van der Waals surface area contributed by atoms with Gasteiger partial charge in [-0.1, -0.05) is 17.3 Å². The van der Waals surface area contributed by atoms with Crippen LogP contribution in [0.25, 0.3) is 0 Å². The number of rotatable bonds is 3. The van der Waals surface area contributed by atoms with E-state index in [-0.39, 0.29) is 11.4 Å². The predicted octanol–water partition coefficient (Wildman–Crippen LogP) is 2.11. The second-order valence-electron chi connectivity index (χ2n) is 3.49. The standard InChI is InChI=1S/C12H11N3O4/c1-18-11(16)8-4-2-3-5-9(8)14-12(17)15-10-6-7-13-19-10/h2-7H,1H3,(H2,14,15,17). The number of para-hydroxylation sites is 1. The summed E-state index contributed by atoms with van der Waals surface area (Å²) in [6.07, 6.45) is 1.40. The van der Waals surface area contributed by atoms with Gasteiger partial charge < -0.3 is 14.6 Å². The third-order valence-electron chi connectivity index (χ3n) is 2.26. The number of aromatic nitrogens is 1. The van der Waals surface area contributed by atoms with Gasteiger partial charge in [0.05, 0.1) is 24.6 Å². The number of nitrogens with zero attached hydrogens (tertiary/aromatic N) is 1. The molecule has 7 heteroatoms. The van der Waals surface area contributed by atoms with E-state index in [1.54, 1.807) is 24.3 Å². The lowest BCUT2D eigenvalue weighted by molar-refractivity contribution is 0.0602. The van der Waals surface area contributed by atoms with Gasteiger partial charge in [-0.3, -0.25) is 5.32 Å². The summed E-state index contributed by atoms with van der Waals surface area (Å²) in [6.45, 7) is 0. The van der Waals surface area contributed by atoms with Crippen molar-refractivity contribution in [3.05, 3.63) is 42.1 Å². The van der Waals surface area contributed by atoms with Crippen molar-refractivity contribution in [2.24, 2.45) is 0 Å². The van der Waals surface area contributed by atoms with Crippen LogP contribution in [0.1, 0.15) is 10.4 Å². The number of carbonyl (C=O) groups excluding carboxylic acids is 2. The lowest BCUT2D eigenvalue weighted by Gasteiger charge is -2.09. The molecule has 0 unspecified atom stereocenters. The van der Waals surface area contributed by atoms with Gasteiger partial charge in [-0.25, -0.2) is 9.59 Å². The van der Waals surface area contributed by atoms with Gasteiger partial charge in [0.1, 0.15) is 0 Å². The van der Waals surface area contributed by atoms with Crippen molar-refractivity contribution in [3.8, 4) is 0 Å². The van der Waals surface area contributed by atoms with Crippen molar-refractivity contribution in [2.75, 3.05) is 17.7 Å². The van der Waals surface area contributed by atoms with Crippen LogP contribution in [0.15, 0.2) is 41.1 Å². The molecule has 0 atom stereocenters. The van der Waals surface area contributed by atoms with Gasteiger partial charge in [-0.05, 0) is 12.1 Å². The molecule has 2 N–H and O–H groups in total. The molecule has 0 aliphatic rings. The number of amides is 2. The Labute approximate surface area is 108 Å². The topological polar surface area (TPSA) is 93.5 Å². The van der Waals surface area contributed by atoms with Crippen LogP contribution in [0.4, 0.5) is 16.4 Å². The van der Waals surface area contributed by atoms with Gasteiger partial charge in [0.2, 0.25) is 5.88 Å². The van der Waals surface area contributed by atoms with Crippen LogP contribution in [0.5, 0.6) is 0 Å². The van der Waals surface area contributed by atoms with Crippen LogP contribution in [0.2, 0.25) is 0 Å². The molecule has 0 aliphatic heterocycles. The second kappa shape index (κ2) is 5.67. The first-order valence-electron chi connectivity index (χ1n) is 5.36. The molecule has 19 heavy (non-hydrogen) atoms. The highest BCUT2D eigenvalue weighted by Crippen LogP contribution is 2.16. The number of carbonyl (C=O) groups is 2. The maximum atomic E-state index is 11.7. The first kappa shape index (κ1) is 12.6. The number of urea groups is 1. The molecule has 0 spiro atoms. The quantitative estimate of drug-likeness (QED) is 0.825. The highest BCUT2D eigenvalue weighted by atomic mass is 16.5. The third-order valence-corrected chi connectivity index (χ3v) is 2.26. The summed E-state index contributed by atoms with van der Waals surface area (Å²) >= 11 is 0. The Kier molecular flexibility index (Phi) is 3.77. The number of anilines is 2. The number of ether oxygens (including phenoxy) is 1. The Balaban J connectivity index is 2.10. The van der Waals surface area contributed by atoms with E-state index in [9.17, 15) is 9.59 Å². The average Bonchev–Trinajstić information content (AvgIpc) is 2.91. The molecule has 2 amide bonds. The molecular formula is C12H11N3O4. The van der Waals surface area contributed by atoms with E-state index in [1.807, 2.05) is 0 Å². The monoisotopic (exact) mass is 261 g/mol.